The maximum absolute atomic E-state index is 13.5. The maximum Gasteiger partial charge on any atom is 0.419 e. The van der Waals surface area contributed by atoms with Gasteiger partial charge in [-0.05, 0) is 61.8 Å². The van der Waals surface area contributed by atoms with Gasteiger partial charge in [0.15, 0.2) is 10.8 Å². The molecule has 0 unspecified atom stereocenters. The van der Waals surface area contributed by atoms with Gasteiger partial charge in [0, 0.05) is 18.1 Å². The van der Waals surface area contributed by atoms with Gasteiger partial charge in [0.05, 0.1) is 23.6 Å². The maximum atomic E-state index is 13.5. The van der Waals surface area contributed by atoms with Crippen LogP contribution in [-0.4, -0.2) is 31.5 Å². The van der Waals surface area contributed by atoms with Crippen LogP contribution in [-0.2, 0) is 11.0 Å². The Kier molecular flexibility index (Phi) is 5.36. The highest BCUT2D eigenvalue weighted by Crippen LogP contribution is 2.48. The monoisotopic (exact) mass is 496 g/mol. The van der Waals surface area contributed by atoms with Crippen molar-refractivity contribution < 1.29 is 22.7 Å². The van der Waals surface area contributed by atoms with E-state index in [4.69, 9.17) is 22.2 Å². The first kappa shape index (κ1) is 22.7. The number of rotatable bonds is 4. The van der Waals surface area contributed by atoms with Gasteiger partial charge in [-0.1, -0.05) is 0 Å². The Hall–Kier alpha value is -4.11. The Morgan fingerprint density at radius 3 is 2.40 bits per heavy atom. The molecule has 0 atom stereocenters. The molecule has 1 spiro atoms. The van der Waals surface area contributed by atoms with Gasteiger partial charge in [0.1, 0.15) is 17.4 Å². The molecule has 0 bridgehead atoms. The van der Waals surface area contributed by atoms with E-state index in [2.05, 4.69) is 15.0 Å². The van der Waals surface area contributed by atoms with Crippen LogP contribution in [0.4, 0.5) is 24.5 Å². The van der Waals surface area contributed by atoms with Crippen molar-refractivity contribution >= 4 is 34.6 Å². The highest BCUT2D eigenvalue weighted by molar-refractivity contribution is 7.81. The molecule has 8 nitrogen and oxygen atoms in total. The molecule has 0 N–H and O–H groups in total. The summed E-state index contributed by atoms with van der Waals surface area (Å²) in [6, 6.07) is 8.97. The molecule has 1 aliphatic heterocycles. The largest absolute Gasteiger partial charge is 0.438 e. The number of alkyl halides is 3. The lowest BCUT2D eigenvalue weighted by atomic mass is 9.75. The number of amides is 1. The van der Waals surface area contributed by atoms with Crippen molar-refractivity contribution in [1.29, 1.82) is 5.26 Å². The summed E-state index contributed by atoms with van der Waals surface area (Å²) in [5, 5.41) is 9.07. The number of nitriles is 1. The summed E-state index contributed by atoms with van der Waals surface area (Å²) >= 11 is 5.60. The zero-order chi connectivity index (χ0) is 24.8. The van der Waals surface area contributed by atoms with Gasteiger partial charge in [-0.2, -0.15) is 18.4 Å². The van der Waals surface area contributed by atoms with Gasteiger partial charge in [-0.25, -0.2) is 9.97 Å². The number of hydrogen-bond acceptors (Lipinski definition) is 7. The van der Waals surface area contributed by atoms with Crippen molar-refractivity contribution in [3.63, 3.8) is 0 Å². The molecule has 1 saturated heterocycles. The predicted octanol–water partition coefficient (Wildman–Crippen LogP) is 4.62. The minimum atomic E-state index is -4.81. The van der Waals surface area contributed by atoms with E-state index in [9.17, 15) is 18.0 Å². The molecule has 1 aromatic carbocycles. The molecular weight excluding hydrogens is 481 g/mol. The molecule has 3 aromatic rings. The normalized spacial score (nSPS) is 16.9. The van der Waals surface area contributed by atoms with E-state index in [0.29, 0.717) is 30.2 Å². The van der Waals surface area contributed by atoms with Gasteiger partial charge in [0.2, 0.25) is 5.88 Å². The van der Waals surface area contributed by atoms with Crippen LogP contribution in [0.1, 0.15) is 30.5 Å². The number of ether oxygens (including phenoxy) is 1. The van der Waals surface area contributed by atoms with Crippen LogP contribution in [0, 0.1) is 11.3 Å². The fourth-order valence-electron chi connectivity index (χ4n) is 4.21. The molecule has 1 aliphatic carbocycles. The van der Waals surface area contributed by atoms with Gasteiger partial charge >= 0.3 is 6.18 Å². The lowest BCUT2D eigenvalue weighted by Crippen LogP contribution is -2.55. The molecule has 3 heterocycles. The van der Waals surface area contributed by atoms with Gasteiger partial charge in [0.25, 0.3) is 5.91 Å². The molecule has 1 amide bonds. The van der Waals surface area contributed by atoms with Crippen LogP contribution in [0.15, 0.2) is 55.1 Å². The van der Waals surface area contributed by atoms with Crippen LogP contribution in [0.3, 0.4) is 0 Å². The third-order valence-corrected chi connectivity index (χ3v) is 6.36. The Bertz CT molecular complexity index is 1350. The first-order valence-corrected chi connectivity index (χ1v) is 10.9. The number of thiocarbonyl (C=S) groups is 1. The Labute approximate surface area is 202 Å². The molecule has 1 saturated carbocycles. The minimum absolute atomic E-state index is 0.0388. The number of carbonyl (C=O) groups is 1. The number of anilines is 2. The quantitative estimate of drug-likeness (QED) is 0.483. The predicted molar refractivity (Wildman–Crippen MR) is 122 cm³/mol. The minimum Gasteiger partial charge on any atom is -0.438 e. The molecule has 0 radical (unpaired) electrons. The summed E-state index contributed by atoms with van der Waals surface area (Å²) in [7, 11) is 0. The molecule has 5 rings (SSSR count). The van der Waals surface area contributed by atoms with E-state index >= 15 is 0 Å². The molecule has 35 heavy (non-hydrogen) atoms. The first-order chi connectivity index (χ1) is 16.7. The van der Waals surface area contributed by atoms with Crippen molar-refractivity contribution in [3.8, 4) is 17.7 Å². The average molecular weight is 496 g/mol. The average Bonchev–Trinajstić information content (AvgIpc) is 3.06. The number of aromatic nitrogens is 3. The second-order valence-electron chi connectivity index (χ2n) is 7.98. The number of nitrogens with zero attached hydrogens (tertiary/aromatic N) is 6. The van der Waals surface area contributed by atoms with Crippen molar-refractivity contribution in [2.24, 2.45) is 0 Å². The molecule has 2 aliphatic rings. The summed E-state index contributed by atoms with van der Waals surface area (Å²) in [6.45, 7) is 0. The van der Waals surface area contributed by atoms with E-state index < -0.39 is 28.9 Å². The van der Waals surface area contributed by atoms with Crippen LogP contribution >= 0.6 is 12.2 Å². The molecule has 2 aromatic heterocycles. The van der Waals surface area contributed by atoms with E-state index in [1.54, 1.807) is 29.2 Å². The van der Waals surface area contributed by atoms with Crippen LogP contribution < -0.4 is 14.5 Å². The fraction of sp³-hybridized carbons (Fsp3) is 0.217. The summed E-state index contributed by atoms with van der Waals surface area (Å²) in [5.74, 6) is 0.368. The van der Waals surface area contributed by atoms with Gasteiger partial charge in [-0.15, -0.1) is 0 Å². The number of pyridine rings is 1. The Morgan fingerprint density at radius 2 is 1.83 bits per heavy atom. The summed E-state index contributed by atoms with van der Waals surface area (Å²) < 4.78 is 46.2. The number of hydrogen-bond donors (Lipinski definition) is 0. The number of carbonyl (C=O) groups excluding carboxylic acids is 1. The van der Waals surface area contributed by atoms with Crippen molar-refractivity contribution in [2.75, 3.05) is 9.80 Å². The molecular formula is C23H15F3N6O2S. The number of halogens is 3. The smallest absolute Gasteiger partial charge is 0.419 e. The standard InChI is InChI=1S/C23H15F3N6O2S/c24-23(25,26)17-10-15(12-30-18(17)11-27)31-20(33)22(6-1-7-22)32(21(31)35)14-2-4-16(5-3-14)34-19-13-28-8-9-29-19/h2-5,8-10,12-13H,1,6-7H2. The highest BCUT2D eigenvalue weighted by Gasteiger charge is 2.59. The molecule has 176 valence electrons. The van der Waals surface area contributed by atoms with Crippen LogP contribution in [0.2, 0.25) is 0 Å². The third kappa shape index (κ3) is 3.74. The topological polar surface area (TPSA) is 95.2 Å². The third-order valence-electron chi connectivity index (χ3n) is 5.99. The van der Waals surface area contributed by atoms with Gasteiger partial charge < -0.3 is 9.64 Å². The van der Waals surface area contributed by atoms with Crippen molar-refractivity contribution in [2.45, 2.75) is 31.0 Å². The Balaban J connectivity index is 1.49. The van der Waals surface area contributed by atoms with Crippen LogP contribution in [0.5, 0.6) is 11.6 Å². The fourth-order valence-corrected chi connectivity index (χ4v) is 4.68. The zero-order valence-corrected chi connectivity index (χ0v) is 18.7. The summed E-state index contributed by atoms with van der Waals surface area (Å²) in [5.41, 5.74) is -2.53. The Morgan fingerprint density at radius 1 is 1.09 bits per heavy atom. The molecule has 12 heteroatoms. The highest BCUT2D eigenvalue weighted by atomic mass is 32.1. The lowest BCUT2D eigenvalue weighted by Gasteiger charge is -2.43. The van der Waals surface area contributed by atoms with E-state index in [-0.39, 0.29) is 10.8 Å². The van der Waals surface area contributed by atoms with Gasteiger partial charge in [-0.3, -0.25) is 14.7 Å². The van der Waals surface area contributed by atoms with E-state index in [1.807, 2.05) is 0 Å². The van der Waals surface area contributed by atoms with Crippen molar-refractivity contribution in [3.05, 3.63) is 66.4 Å². The first-order valence-electron chi connectivity index (χ1n) is 10.4. The number of benzene rings is 1. The van der Waals surface area contributed by atoms with Crippen LogP contribution in [0.25, 0.3) is 0 Å². The zero-order valence-electron chi connectivity index (χ0n) is 17.9. The van der Waals surface area contributed by atoms with Crippen molar-refractivity contribution in [1.82, 2.24) is 15.0 Å². The SMILES string of the molecule is N#Cc1ncc(N2C(=O)C3(CCC3)N(c3ccc(Oc4cnccn4)cc3)C2=S)cc1C(F)(F)F. The molecule has 2 fully saturated rings. The van der Waals surface area contributed by atoms with E-state index in [0.717, 1.165) is 23.6 Å². The second-order valence-corrected chi connectivity index (χ2v) is 8.35. The lowest BCUT2D eigenvalue weighted by molar-refractivity contribution is -0.138. The second kappa shape index (κ2) is 8.28. The summed E-state index contributed by atoms with van der Waals surface area (Å²) in [6.07, 6.45) is 2.49. The van der Waals surface area contributed by atoms with E-state index in [1.165, 1.54) is 24.7 Å². The summed E-state index contributed by atoms with van der Waals surface area (Å²) in [4.78, 5) is 27.9.